The van der Waals surface area contributed by atoms with E-state index >= 15 is 0 Å². The van der Waals surface area contributed by atoms with Crippen molar-refractivity contribution in [3.05, 3.63) is 28.8 Å². The topological polar surface area (TPSA) is 18.5 Å². The molecule has 1 aromatic rings. The van der Waals surface area contributed by atoms with E-state index in [-0.39, 0.29) is 0 Å². The number of rotatable bonds is 5. The summed E-state index contributed by atoms with van der Waals surface area (Å²) in [6.45, 7) is 7.43. The molecule has 1 heterocycles. The van der Waals surface area contributed by atoms with Crippen molar-refractivity contribution in [2.45, 2.75) is 32.4 Å². The van der Waals surface area contributed by atoms with Gasteiger partial charge in [-0.05, 0) is 51.7 Å². The van der Waals surface area contributed by atoms with Crippen molar-refractivity contribution in [3.63, 3.8) is 0 Å². The summed E-state index contributed by atoms with van der Waals surface area (Å²) in [5.41, 5.74) is 2.42. The molecule has 1 fully saturated rings. The molecule has 0 amide bonds. The van der Waals surface area contributed by atoms with Gasteiger partial charge in [-0.3, -0.25) is 0 Å². The summed E-state index contributed by atoms with van der Waals surface area (Å²) in [5, 5.41) is 4.27. The Bertz CT molecular complexity index is 447. The second-order valence-corrected chi connectivity index (χ2v) is 6.24. The van der Waals surface area contributed by atoms with Gasteiger partial charge in [0.15, 0.2) is 0 Å². The second kappa shape index (κ2) is 6.79. The second-order valence-electron chi connectivity index (χ2n) is 5.84. The van der Waals surface area contributed by atoms with Crippen molar-refractivity contribution in [1.29, 1.82) is 0 Å². The molecule has 0 bridgehead atoms. The van der Waals surface area contributed by atoms with E-state index in [1.54, 1.807) is 0 Å². The Morgan fingerprint density at radius 2 is 2.20 bits per heavy atom. The molecule has 2 rings (SSSR count). The van der Waals surface area contributed by atoms with Crippen LogP contribution in [-0.2, 0) is 0 Å². The van der Waals surface area contributed by atoms with Crippen molar-refractivity contribution in [3.8, 4) is 0 Å². The SMILES string of the molecule is CCNC(C)c1ccc(N2CCC(N(C)C)C2)cc1Cl. The van der Waals surface area contributed by atoms with E-state index in [9.17, 15) is 0 Å². The van der Waals surface area contributed by atoms with Gasteiger partial charge in [0.25, 0.3) is 0 Å². The molecule has 2 atom stereocenters. The van der Waals surface area contributed by atoms with Crippen molar-refractivity contribution < 1.29 is 0 Å². The Balaban J connectivity index is 2.10. The molecule has 0 aliphatic carbocycles. The van der Waals surface area contributed by atoms with Gasteiger partial charge < -0.3 is 15.1 Å². The van der Waals surface area contributed by atoms with Gasteiger partial charge >= 0.3 is 0 Å². The largest absolute Gasteiger partial charge is 0.370 e. The van der Waals surface area contributed by atoms with E-state index in [0.717, 1.165) is 24.7 Å². The summed E-state index contributed by atoms with van der Waals surface area (Å²) in [5.74, 6) is 0. The van der Waals surface area contributed by atoms with Gasteiger partial charge in [0.1, 0.15) is 0 Å². The van der Waals surface area contributed by atoms with Crippen LogP contribution in [0.4, 0.5) is 5.69 Å². The molecule has 1 aromatic carbocycles. The van der Waals surface area contributed by atoms with Crippen LogP contribution in [0, 0.1) is 0 Å². The minimum atomic E-state index is 0.301. The first kappa shape index (κ1) is 15.6. The first-order valence-electron chi connectivity index (χ1n) is 7.47. The van der Waals surface area contributed by atoms with Gasteiger partial charge in [0, 0.05) is 35.9 Å². The van der Waals surface area contributed by atoms with E-state index in [1.807, 2.05) is 0 Å². The predicted octanol–water partition coefficient (Wildman–Crippen LogP) is 3.15. The molecular formula is C16H26ClN3. The number of nitrogens with one attached hydrogen (secondary N) is 1. The molecule has 4 heteroatoms. The Kier molecular flexibility index (Phi) is 5.30. The van der Waals surface area contributed by atoms with Gasteiger partial charge in [-0.1, -0.05) is 24.6 Å². The highest BCUT2D eigenvalue weighted by molar-refractivity contribution is 6.31. The number of nitrogens with zero attached hydrogens (tertiary/aromatic N) is 2. The molecule has 20 heavy (non-hydrogen) atoms. The van der Waals surface area contributed by atoms with Crippen LogP contribution >= 0.6 is 11.6 Å². The number of hydrogen-bond donors (Lipinski definition) is 1. The van der Waals surface area contributed by atoms with Gasteiger partial charge in [0.2, 0.25) is 0 Å². The fraction of sp³-hybridized carbons (Fsp3) is 0.625. The first-order chi connectivity index (χ1) is 9.52. The average molecular weight is 296 g/mol. The summed E-state index contributed by atoms with van der Waals surface area (Å²) in [4.78, 5) is 4.74. The standard InChI is InChI=1S/C16H26ClN3/c1-5-18-12(2)15-7-6-13(10-16(15)17)20-9-8-14(11-20)19(3)4/h6-7,10,12,14,18H,5,8-9,11H2,1-4H3. The summed E-state index contributed by atoms with van der Waals surface area (Å²) in [7, 11) is 4.31. The summed E-state index contributed by atoms with van der Waals surface area (Å²) >= 11 is 6.46. The molecule has 1 aliphatic heterocycles. The minimum absolute atomic E-state index is 0.301. The lowest BCUT2D eigenvalue weighted by atomic mass is 10.1. The third kappa shape index (κ3) is 3.46. The molecule has 0 spiro atoms. The fourth-order valence-corrected chi connectivity index (χ4v) is 3.22. The lowest BCUT2D eigenvalue weighted by molar-refractivity contribution is 0.315. The first-order valence-corrected chi connectivity index (χ1v) is 7.85. The maximum absolute atomic E-state index is 6.46. The number of halogens is 1. The zero-order valence-electron chi connectivity index (χ0n) is 13.0. The maximum atomic E-state index is 6.46. The highest BCUT2D eigenvalue weighted by Crippen LogP contribution is 2.30. The van der Waals surface area contributed by atoms with Gasteiger partial charge in [-0.2, -0.15) is 0 Å². The lowest BCUT2D eigenvalue weighted by Crippen LogP contribution is -2.31. The Hall–Kier alpha value is -0.770. The van der Waals surface area contributed by atoms with Gasteiger partial charge in [-0.25, -0.2) is 0 Å². The molecule has 1 N–H and O–H groups in total. The minimum Gasteiger partial charge on any atom is -0.370 e. The molecule has 0 radical (unpaired) electrons. The van der Waals surface area contributed by atoms with E-state index in [2.05, 4.69) is 61.3 Å². The normalized spacial score (nSPS) is 20.7. The molecule has 1 saturated heterocycles. The van der Waals surface area contributed by atoms with Crippen LogP contribution in [0.5, 0.6) is 0 Å². The molecular weight excluding hydrogens is 270 g/mol. The Morgan fingerprint density at radius 1 is 1.45 bits per heavy atom. The molecule has 1 aliphatic rings. The van der Waals surface area contributed by atoms with E-state index in [4.69, 9.17) is 11.6 Å². The van der Waals surface area contributed by atoms with Crippen molar-refractivity contribution >= 4 is 17.3 Å². The summed E-state index contributed by atoms with van der Waals surface area (Å²) < 4.78 is 0. The van der Waals surface area contributed by atoms with Crippen LogP contribution in [-0.4, -0.2) is 44.7 Å². The van der Waals surface area contributed by atoms with Gasteiger partial charge in [0.05, 0.1) is 0 Å². The van der Waals surface area contributed by atoms with E-state index in [1.165, 1.54) is 17.7 Å². The van der Waals surface area contributed by atoms with Crippen LogP contribution in [0.3, 0.4) is 0 Å². The van der Waals surface area contributed by atoms with Crippen LogP contribution in [0.25, 0.3) is 0 Å². The summed E-state index contributed by atoms with van der Waals surface area (Å²) in [6.07, 6.45) is 1.22. The number of likely N-dealkylation sites (N-methyl/N-ethyl adjacent to an activating group) is 1. The highest BCUT2D eigenvalue weighted by atomic mass is 35.5. The Morgan fingerprint density at radius 3 is 2.75 bits per heavy atom. The Labute approximate surface area is 127 Å². The molecule has 0 saturated carbocycles. The molecule has 3 nitrogen and oxygen atoms in total. The predicted molar refractivity (Wildman–Crippen MR) is 87.8 cm³/mol. The quantitative estimate of drug-likeness (QED) is 0.900. The molecule has 0 aromatic heterocycles. The third-order valence-electron chi connectivity index (χ3n) is 4.22. The van der Waals surface area contributed by atoms with Crippen molar-refractivity contribution in [2.24, 2.45) is 0 Å². The fourth-order valence-electron chi connectivity index (χ4n) is 2.88. The number of benzene rings is 1. The maximum Gasteiger partial charge on any atom is 0.0474 e. The van der Waals surface area contributed by atoms with Crippen molar-refractivity contribution in [2.75, 3.05) is 38.6 Å². The number of anilines is 1. The van der Waals surface area contributed by atoms with Crippen LogP contribution in [0.15, 0.2) is 18.2 Å². The third-order valence-corrected chi connectivity index (χ3v) is 4.55. The van der Waals surface area contributed by atoms with E-state index < -0.39 is 0 Å². The van der Waals surface area contributed by atoms with E-state index in [0.29, 0.717) is 12.1 Å². The lowest BCUT2D eigenvalue weighted by Gasteiger charge is -2.23. The van der Waals surface area contributed by atoms with Crippen LogP contribution < -0.4 is 10.2 Å². The van der Waals surface area contributed by atoms with Crippen molar-refractivity contribution in [1.82, 2.24) is 10.2 Å². The molecule has 112 valence electrons. The van der Waals surface area contributed by atoms with Gasteiger partial charge in [-0.15, -0.1) is 0 Å². The zero-order valence-corrected chi connectivity index (χ0v) is 13.7. The smallest absolute Gasteiger partial charge is 0.0474 e. The van der Waals surface area contributed by atoms with Crippen LogP contribution in [0.2, 0.25) is 5.02 Å². The zero-order chi connectivity index (χ0) is 14.7. The molecule has 2 unspecified atom stereocenters. The number of hydrogen-bond acceptors (Lipinski definition) is 3. The highest BCUT2D eigenvalue weighted by Gasteiger charge is 2.24. The average Bonchev–Trinajstić information content (AvgIpc) is 2.88. The summed E-state index contributed by atoms with van der Waals surface area (Å²) in [6, 6.07) is 7.42. The monoisotopic (exact) mass is 295 g/mol. The van der Waals surface area contributed by atoms with Crippen LogP contribution in [0.1, 0.15) is 31.9 Å².